The number of fused-ring (bicyclic) bond motifs is 1. The summed E-state index contributed by atoms with van der Waals surface area (Å²) < 4.78 is 34.4. The lowest BCUT2D eigenvalue weighted by molar-refractivity contribution is -0.125. The van der Waals surface area contributed by atoms with E-state index in [9.17, 15) is 18.4 Å². The first-order valence-electron chi connectivity index (χ1n) is 8.80. The highest BCUT2D eigenvalue weighted by Gasteiger charge is 2.25. The molecular formula is C21H20F2N2O4. The fourth-order valence-electron chi connectivity index (χ4n) is 3.20. The zero-order chi connectivity index (χ0) is 21.1. The molecule has 1 heterocycles. The summed E-state index contributed by atoms with van der Waals surface area (Å²) in [6, 6.07) is 11.6. The molecule has 0 saturated heterocycles. The molecule has 3 rings (SSSR count). The number of alkyl halides is 2. The van der Waals surface area contributed by atoms with Crippen LogP contribution in [0.4, 0.5) is 8.78 Å². The average molecular weight is 402 g/mol. The number of hydrogen-bond acceptors (Lipinski definition) is 4. The third-order valence-electron chi connectivity index (χ3n) is 4.53. The number of aromatic nitrogens is 1. The molecule has 2 aromatic carbocycles. The molecule has 0 radical (unpaired) electrons. The Hall–Kier alpha value is -3.42. The lowest BCUT2D eigenvalue weighted by Gasteiger charge is -2.18. The van der Waals surface area contributed by atoms with Crippen LogP contribution < -0.4 is 9.47 Å². The van der Waals surface area contributed by atoms with E-state index in [1.807, 2.05) is 12.1 Å². The van der Waals surface area contributed by atoms with Gasteiger partial charge in [-0.25, -0.2) is 0 Å². The Balaban J connectivity index is 1.80. The Morgan fingerprint density at radius 3 is 2.55 bits per heavy atom. The minimum atomic E-state index is -2.98. The minimum absolute atomic E-state index is 0.0945. The Morgan fingerprint density at radius 1 is 1.14 bits per heavy atom. The van der Waals surface area contributed by atoms with Crippen LogP contribution in [-0.4, -0.2) is 42.3 Å². The maximum absolute atomic E-state index is 12.8. The van der Waals surface area contributed by atoms with Crippen molar-refractivity contribution < 1.29 is 27.8 Å². The maximum atomic E-state index is 12.8. The van der Waals surface area contributed by atoms with Crippen molar-refractivity contribution in [2.75, 3.05) is 14.2 Å². The zero-order valence-electron chi connectivity index (χ0n) is 16.2. The second-order valence-electron chi connectivity index (χ2n) is 6.52. The first kappa shape index (κ1) is 20.3. The van der Waals surface area contributed by atoms with Gasteiger partial charge in [0, 0.05) is 30.2 Å². The topological polar surface area (TPSA) is 71.6 Å². The molecule has 0 unspecified atom stereocenters. The van der Waals surface area contributed by atoms with Gasteiger partial charge in [-0.1, -0.05) is 24.3 Å². The van der Waals surface area contributed by atoms with Gasteiger partial charge < -0.3 is 19.4 Å². The molecular weight excluding hydrogens is 382 g/mol. The summed E-state index contributed by atoms with van der Waals surface area (Å²) in [6.07, 6.45) is 0. The van der Waals surface area contributed by atoms with E-state index < -0.39 is 18.3 Å². The number of hydrogen-bond donors (Lipinski definition) is 1. The Bertz CT molecular complexity index is 1060. The van der Waals surface area contributed by atoms with Crippen LogP contribution in [-0.2, 0) is 11.3 Å². The quantitative estimate of drug-likeness (QED) is 0.480. The van der Waals surface area contributed by atoms with Crippen molar-refractivity contribution in [3.63, 3.8) is 0 Å². The molecule has 0 aliphatic rings. The molecule has 8 heteroatoms. The van der Waals surface area contributed by atoms with E-state index in [-0.39, 0.29) is 18.0 Å². The number of nitrogens with one attached hydrogen (secondary N) is 1. The third kappa shape index (κ3) is 4.21. The highest BCUT2D eigenvalue weighted by Crippen LogP contribution is 2.30. The molecule has 6 nitrogen and oxygen atoms in total. The molecule has 0 bridgehead atoms. The van der Waals surface area contributed by atoms with Gasteiger partial charge in [-0.3, -0.25) is 9.59 Å². The van der Waals surface area contributed by atoms with Crippen LogP contribution in [0.5, 0.6) is 11.5 Å². The molecule has 1 N–H and O–H groups in total. The van der Waals surface area contributed by atoms with Crippen LogP contribution in [0.1, 0.15) is 21.6 Å². The number of H-pyrrole nitrogens is 1. The number of likely N-dealkylation sites (N-methyl/N-ethyl adjacent to an activating group) is 1. The number of amides is 1. The van der Waals surface area contributed by atoms with Gasteiger partial charge in [0.25, 0.3) is 11.7 Å². The number of para-hydroxylation sites is 1. The highest BCUT2D eigenvalue weighted by atomic mass is 19.3. The number of carbonyl (C=O) groups is 2. The van der Waals surface area contributed by atoms with Gasteiger partial charge >= 0.3 is 6.61 Å². The lowest BCUT2D eigenvalue weighted by atomic mass is 10.1. The summed E-state index contributed by atoms with van der Waals surface area (Å²) >= 11 is 0. The molecule has 29 heavy (non-hydrogen) atoms. The van der Waals surface area contributed by atoms with Gasteiger partial charge in [0.05, 0.1) is 12.7 Å². The number of ether oxygens (including phenoxy) is 2. The second kappa shape index (κ2) is 8.30. The number of nitrogens with zero attached hydrogens (tertiary/aromatic N) is 1. The maximum Gasteiger partial charge on any atom is 0.387 e. The number of carbonyl (C=O) groups excluding carboxylic acids is 2. The SMILES string of the molecule is COc1cc(CN(C)C(=O)C(=O)c2c(C)[nH]c3ccccc23)ccc1OC(F)F. The van der Waals surface area contributed by atoms with Crippen LogP contribution in [0.25, 0.3) is 10.9 Å². The van der Waals surface area contributed by atoms with Crippen molar-refractivity contribution in [2.45, 2.75) is 20.1 Å². The molecule has 152 valence electrons. The normalized spacial score (nSPS) is 11.0. The van der Waals surface area contributed by atoms with Gasteiger partial charge in [0.1, 0.15) is 0 Å². The standard InChI is InChI=1S/C21H20F2N2O4/c1-12-18(14-6-4-5-7-15(14)24-12)19(26)20(27)25(2)11-13-8-9-16(29-21(22)23)17(10-13)28-3/h4-10,21,24H,11H2,1-3H3. The number of benzene rings is 2. The summed E-state index contributed by atoms with van der Waals surface area (Å²) in [7, 11) is 2.83. The van der Waals surface area contributed by atoms with E-state index in [4.69, 9.17) is 4.74 Å². The minimum Gasteiger partial charge on any atom is -0.493 e. The Labute approximate surface area is 166 Å². The first-order chi connectivity index (χ1) is 13.8. The van der Waals surface area contributed by atoms with Crippen LogP contribution in [0.15, 0.2) is 42.5 Å². The van der Waals surface area contributed by atoms with Gasteiger partial charge in [0.2, 0.25) is 0 Å². The second-order valence-corrected chi connectivity index (χ2v) is 6.52. The number of methoxy groups -OCH3 is 1. The molecule has 3 aromatic rings. The van der Waals surface area contributed by atoms with Gasteiger partial charge in [-0.05, 0) is 30.7 Å². The molecule has 0 fully saturated rings. The predicted octanol–water partition coefficient (Wildman–Crippen LogP) is 3.93. The number of aryl methyl sites for hydroxylation is 1. The summed E-state index contributed by atoms with van der Waals surface area (Å²) in [6.45, 7) is -1.14. The van der Waals surface area contributed by atoms with E-state index in [2.05, 4.69) is 9.72 Å². The van der Waals surface area contributed by atoms with Crippen molar-refractivity contribution >= 4 is 22.6 Å². The number of aromatic amines is 1. The monoisotopic (exact) mass is 402 g/mol. The summed E-state index contributed by atoms with van der Waals surface area (Å²) in [4.78, 5) is 29.9. The fourth-order valence-corrected chi connectivity index (χ4v) is 3.20. The van der Waals surface area contributed by atoms with Crippen molar-refractivity contribution in [1.29, 1.82) is 0 Å². The van der Waals surface area contributed by atoms with Crippen LogP contribution in [0.2, 0.25) is 0 Å². The summed E-state index contributed by atoms with van der Waals surface area (Å²) in [5.74, 6) is -1.29. The largest absolute Gasteiger partial charge is 0.493 e. The number of halogens is 2. The van der Waals surface area contributed by atoms with Crippen molar-refractivity contribution in [3.05, 3.63) is 59.3 Å². The van der Waals surface area contributed by atoms with Crippen LogP contribution >= 0.6 is 0 Å². The van der Waals surface area contributed by atoms with Crippen LogP contribution in [0, 0.1) is 6.92 Å². The number of Topliss-reactive ketones (excluding diaryl/α,β-unsaturated/α-hetero) is 1. The molecule has 0 spiro atoms. The summed E-state index contributed by atoms with van der Waals surface area (Å²) in [5, 5.41) is 0.687. The van der Waals surface area contributed by atoms with E-state index in [1.54, 1.807) is 19.1 Å². The molecule has 1 aromatic heterocycles. The fraction of sp³-hybridized carbons (Fsp3) is 0.238. The predicted molar refractivity (Wildman–Crippen MR) is 103 cm³/mol. The highest BCUT2D eigenvalue weighted by molar-refractivity contribution is 6.45. The smallest absolute Gasteiger partial charge is 0.387 e. The van der Waals surface area contributed by atoms with Crippen molar-refractivity contribution in [1.82, 2.24) is 9.88 Å². The molecule has 0 aliphatic carbocycles. The zero-order valence-corrected chi connectivity index (χ0v) is 16.2. The number of rotatable bonds is 7. The molecule has 0 saturated carbocycles. The number of ketones is 1. The Kier molecular flexibility index (Phi) is 5.81. The average Bonchev–Trinajstić information content (AvgIpc) is 3.03. The third-order valence-corrected chi connectivity index (χ3v) is 4.53. The van der Waals surface area contributed by atoms with Gasteiger partial charge in [-0.2, -0.15) is 8.78 Å². The van der Waals surface area contributed by atoms with Gasteiger partial charge in [0.15, 0.2) is 11.5 Å². The lowest BCUT2D eigenvalue weighted by Crippen LogP contribution is -2.33. The van der Waals surface area contributed by atoms with E-state index >= 15 is 0 Å². The van der Waals surface area contributed by atoms with Gasteiger partial charge in [-0.15, -0.1) is 0 Å². The molecule has 1 amide bonds. The van der Waals surface area contributed by atoms with E-state index in [1.165, 1.54) is 37.3 Å². The molecule has 0 aliphatic heterocycles. The van der Waals surface area contributed by atoms with E-state index in [0.29, 0.717) is 22.2 Å². The molecule has 0 atom stereocenters. The first-order valence-corrected chi connectivity index (χ1v) is 8.80. The van der Waals surface area contributed by atoms with Crippen LogP contribution in [0.3, 0.4) is 0 Å². The van der Waals surface area contributed by atoms with Crippen molar-refractivity contribution in [2.24, 2.45) is 0 Å². The Morgan fingerprint density at radius 2 is 1.86 bits per heavy atom. The van der Waals surface area contributed by atoms with Crippen molar-refractivity contribution in [3.8, 4) is 11.5 Å². The summed E-state index contributed by atoms with van der Waals surface area (Å²) in [5.41, 5.74) is 2.34. The van der Waals surface area contributed by atoms with E-state index in [0.717, 1.165) is 5.52 Å².